The van der Waals surface area contributed by atoms with Crippen LogP contribution in [0.15, 0.2) is 42.5 Å². The molecule has 1 N–H and O–H groups in total. The second-order valence-electron chi connectivity index (χ2n) is 8.69. The molecule has 0 aliphatic heterocycles. The van der Waals surface area contributed by atoms with Crippen molar-refractivity contribution < 1.29 is 22.7 Å². The molecule has 10 heteroatoms. The number of methoxy groups -OCH3 is 1. The third-order valence-electron chi connectivity index (χ3n) is 5.35. The SMILES string of the molecule is CC[C@H](C(=O)NC(C)C)N(Cc1cccc(C)c1)C(=O)CN(c1ccc(OC)c(Cl)c1)S(C)(=O)=O. The van der Waals surface area contributed by atoms with Crippen LogP contribution in [0.25, 0.3) is 0 Å². The van der Waals surface area contributed by atoms with E-state index in [9.17, 15) is 18.0 Å². The summed E-state index contributed by atoms with van der Waals surface area (Å²) in [5.74, 6) is -0.413. The van der Waals surface area contributed by atoms with E-state index in [2.05, 4.69) is 5.32 Å². The fraction of sp³-hybridized carbons (Fsp3) is 0.440. The van der Waals surface area contributed by atoms with Crippen molar-refractivity contribution in [3.63, 3.8) is 0 Å². The highest BCUT2D eigenvalue weighted by molar-refractivity contribution is 7.92. The van der Waals surface area contributed by atoms with E-state index in [0.717, 1.165) is 21.7 Å². The fourth-order valence-corrected chi connectivity index (χ4v) is 4.82. The fourth-order valence-electron chi connectivity index (χ4n) is 3.73. The topological polar surface area (TPSA) is 96.0 Å². The molecule has 2 amide bonds. The largest absolute Gasteiger partial charge is 0.495 e. The van der Waals surface area contributed by atoms with Crippen LogP contribution >= 0.6 is 11.6 Å². The molecule has 0 spiro atoms. The number of nitrogens with zero attached hydrogens (tertiary/aromatic N) is 2. The zero-order chi connectivity index (χ0) is 26.3. The molecule has 0 bridgehead atoms. The summed E-state index contributed by atoms with van der Waals surface area (Å²) in [5, 5.41) is 3.08. The van der Waals surface area contributed by atoms with Crippen molar-refractivity contribution in [3.05, 3.63) is 58.6 Å². The number of carbonyl (C=O) groups is 2. The van der Waals surface area contributed by atoms with Crippen LogP contribution < -0.4 is 14.4 Å². The lowest BCUT2D eigenvalue weighted by molar-refractivity contribution is -0.140. The maximum atomic E-state index is 13.6. The van der Waals surface area contributed by atoms with E-state index in [1.54, 1.807) is 0 Å². The van der Waals surface area contributed by atoms with Gasteiger partial charge in [-0.2, -0.15) is 0 Å². The summed E-state index contributed by atoms with van der Waals surface area (Å²) in [6, 6.07) is 11.2. The molecule has 8 nitrogen and oxygen atoms in total. The quantitative estimate of drug-likeness (QED) is 0.484. The monoisotopic (exact) mass is 523 g/mol. The average Bonchev–Trinajstić information content (AvgIpc) is 2.75. The number of rotatable bonds is 11. The molecule has 192 valence electrons. The lowest BCUT2D eigenvalue weighted by Crippen LogP contribution is -2.53. The van der Waals surface area contributed by atoms with Gasteiger partial charge in [0.05, 0.1) is 24.1 Å². The van der Waals surface area contributed by atoms with Gasteiger partial charge >= 0.3 is 0 Å². The molecule has 0 saturated heterocycles. The van der Waals surface area contributed by atoms with E-state index < -0.39 is 28.5 Å². The molecule has 0 unspecified atom stereocenters. The van der Waals surface area contributed by atoms with Gasteiger partial charge in [0.15, 0.2) is 0 Å². The molecular weight excluding hydrogens is 490 g/mol. The zero-order valence-electron chi connectivity index (χ0n) is 21.0. The van der Waals surface area contributed by atoms with E-state index in [0.29, 0.717) is 12.2 Å². The predicted octanol–water partition coefficient (Wildman–Crippen LogP) is 3.76. The normalized spacial score (nSPS) is 12.2. The number of aryl methyl sites for hydroxylation is 1. The van der Waals surface area contributed by atoms with Gasteiger partial charge in [0.2, 0.25) is 21.8 Å². The summed E-state index contributed by atoms with van der Waals surface area (Å²) in [6.45, 7) is 7.12. The van der Waals surface area contributed by atoms with E-state index >= 15 is 0 Å². The summed E-state index contributed by atoms with van der Waals surface area (Å²) in [6.07, 6.45) is 1.38. The first-order valence-electron chi connectivity index (χ1n) is 11.3. The number of hydrogen-bond donors (Lipinski definition) is 1. The predicted molar refractivity (Wildman–Crippen MR) is 139 cm³/mol. The van der Waals surface area contributed by atoms with Crippen molar-refractivity contribution in [1.82, 2.24) is 10.2 Å². The molecule has 2 aromatic carbocycles. The van der Waals surface area contributed by atoms with E-state index in [-0.39, 0.29) is 29.2 Å². The molecular formula is C25H34ClN3O5S. The van der Waals surface area contributed by atoms with Crippen LogP contribution in [0.1, 0.15) is 38.3 Å². The average molecular weight is 524 g/mol. The van der Waals surface area contributed by atoms with Crippen LogP contribution in [0, 0.1) is 6.92 Å². The minimum absolute atomic E-state index is 0.110. The van der Waals surface area contributed by atoms with Gasteiger partial charge < -0.3 is 15.0 Å². The Balaban J connectivity index is 2.47. The standard InChI is InChI=1S/C25H34ClN3O5S/c1-7-22(25(31)27-17(2)3)28(15-19-10-8-9-18(4)13-19)24(30)16-29(35(6,32)33)20-11-12-23(34-5)21(26)14-20/h8-14,17,22H,7,15-16H2,1-6H3,(H,27,31)/t22-/m1/s1. The number of hydrogen-bond acceptors (Lipinski definition) is 5. The van der Waals surface area contributed by atoms with Crippen LogP contribution in [0.5, 0.6) is 5.75 Å². The number of halogens is 1. The minimum Gasteiger partial charge on any atom is -0.495 e. The summed E-state index contributed by atoms with van der Waals surface area (Å²) in [5.41, 5.74) is 2.08. The van der Waals surface area contributed by atoms with Crippen molar-refractivity contribution >= 4 is 39.1 Å². The van der Waals surface area contributed by atoms with Gasteiger partial charge in [-0.25, -0.2) is 8.42 Å². The number of ether oxygens (including phenoxy) is 1. The van der Waals surface area contributed by atoms with Crippen LogP contribution in [0.4, 0.5) is 5.69 Å². The molecule has 0 aromatic heterocycles. The highest BCUT2D eigenvalue weighted by atomic mass is 35.5. The van der Waals surface area contributed by atoms with E-state index in [4.69, 9.17) is 16.3 Å². The van der Waals surface area contributed by atoms with Gasteiger partial charge in [0.25, 0.3) is 0 Å². The molecule has 0 radical (unpaired) electrons. The van der Waals surface area contributed by atoms with Gasteiger partial charge in [-0.3, -0.25) is 13.9 Å². The van der Waals surface area contributed by atoms with Gasteiger partial charge in [-0.15, -0.1) is 0 Å². The zero-order valence-corrected chi connectivity index (χ0v) is 22.6. The second kappa shape index (κ2) is 12.3. The molecule has 0 aliphatic carbocycles. The lowest BCUT2D eigenvalue weighted by atomic mass is 10.1. The Morgan fingerprint density at radius 1 is 1.14 bits per heavy atom. The first kappa shape index (κ1) is 28.5. The number of benzene rings is 2. The van der Waals surface area contributed by atoms with Crippen molar-refractivity contribution in [3.8, 4) is 5.75 Å². The molecule has 0 heterocycles. The Hall–Kier alpha value is -2.78. The number of amides is 2. The Kier molecular flexibility index (Phi) is 9.97. The molecule has 0 aliphatic rings. The Labute approximate surface area is 213 Å². The molecule has 2 aromatic rings. The third kappa shape index (κ3) is 7.86. The van der Waals surface area contributed by atoms with Crippen molar-refractivity contribution in [2.45, 2.75) is 52.7 Å². The van der Waals surface area contributed by atoms with Crippen LogP contribution in [0.2, 0.25) is 5.02 Å². The molecule has 0 saturated carbocycles. The third-order valence-corrected chi connectivity index (χ3v) is 6.79. The summed E-state index contributed by atoms with van der Waals surface area (Å²) < 4.78 is 31.5. The van der Waals surface area contributed by atoms with Gasteiger partial charge in [-0.05, 0) is 51.0 Å². The second-order valence-corrected chi connectivity index (χ2v) is 11.0. The van der Waals surface area contributed by atoms with Gasteiger partial charge in [0, 0.05) is 12.6 Å². The molecule has 1 atom stereocenters. The minimum atomic E-state index is -3.85. The highest BCUT2D eigenvalue weighted by Gasteiger charge is 2.32. The van der Waals surface area contributed by atoms with Gasteiger partial charge in [0.1, 0.15) is 18.3 Å². The van der Waals surface area contributed by atoms with Crippen molar-refractivity contribution in [2.75, 3.05) is 24.2 Å². The maximum Gasteiger partial charge on any atom is 0.244 e. The van der Waals surface area contributed by atoms with E-state index in [1.807, 2.05) is 52.0 Å². The maximum absolute atomic E-state index is 13.6. The smallest absolute Gasteiger partial charge is 0.244 e. The van der Waals surface area contributed by atoms with Crippen LogP contribution in [-0.2, 0) is 26.2 Å². The summed E-state index contributed by atoms with van der Waals surface area (Å²) in [7, 11) is -2.39. The lowest BCUT2D eigenvalue weighted by Gasteiger charge is -2.33. The van der Waals surface area contributed by atoms with Crippen molar-refractivity contribution in [2.24, 2.45) is 0 Å². The Morgan fingerprint density at radius 2 is 1.83 bits per heavy atom. The number of sulfonamides is 1. The summed E-state index contributed by atoms with van der Waals surface area (Å²) in [4.78, 5) is 28.1. The van der Waals surface area contributed by atoms with Crippen LogP contribution in [0.3, 0.4) is 0 Å². The molecule has 2 rings (SSSR count). The van der Waals surface area contributed by atoms with Crippen molar-refractivity contribution in [1.29, 1.82) is 0 Å². The first-order chi connectivity index (χ1) is 16.4. The number of anilines is 1. The molecule has 35 heavy (non-hydrogen) atoms. The Morgan fingerprint density at radius 3 is 2.34 bits per heavy atom. The summed E-state index contributed by atoms with van der Waals surface area (Å²) >= 11 is 6.21. The Bertz CT molecular complexity index is 1150. The van der Waals surface area contributed by atoms with Gasteiger partial charge in [-0.1, -0.05) is 48.4 Å². The number of carbonyl (C=O) groups excluding carboxylic acids is 2. The first-order valence-corrected chi connectivity index (χ1v) is 13.6. The number of nitrogens with one attached hydrogen (secondary N) is 1. The highest BCUT2D eigenvalue weighted by Crippen LogP contribution is 2.30. The van der Waals surface area contributed by atoms with E-state index in [1.165, 1.54) is 30.2 Å². The van der Waals surface area contributed by atoms with Crippen LogP contribution in [-0.4, -0.2) is 57.1 Å². The molecule has 0 fully saturated rings.